The molecule has 2 aromatic rings. The molecular formula is C14H13BrClFN4O3. The van der Waals surface area contributed by atoms with Crippen molar-refractivity contribution < 1.29 is 19.1 Å². The van der Waals surface area contributed by atoms with Gasteiger partial charge in [-0.3, -0.25) is 15.2 Å². The second-order valence-electron chi connectivity index (χ2n) is 5.02. The Balaban J connectivity index is 2.12. The van der Waals surface area contributed by atoms with Crippen LogP contribution in [-0.2, 0) is 4.79 Å². The molecule has 1 heterocycles. The standard InChI is InChI=1S/C14H13BrClFN4O3/c1-6(2-11(22)23)8-5-18-21-13(8)20-14(24)19-12-9(16)3-7(15)4-10(12)17/h3-6H,2H2,1H3,(H,22,23)(H3,18,19,20,21,24)/t6-/m0/s1. The molecule has 0 aliphatic carbocycles. The highest BCUT2D eigenvalue weighted by Crippen LogP contribution is 2.30. The van der Waals surface area contributed by atoms with E-state index in [0.29, 0.717) is 10.0 Å². The lowest BCUT2D eigenvalue weighted by molar-refractivity contribution is -0.137. The normalized spacial score (nSPS) is 11.8. The Hall–Kier alpha value is -2.13. The number of nitrogens with zero attached hydrogens (tertiary/aromatic N) is 1. The maximum atomic E-state index is 13.9. The maximum absolute atomic E-state index is 13.9. The molecule has 0 saturated carbocycles. The molecule has 4 N–H and O–H groups in total. The average molecular weight is 420 g/mol. The number of carbonyl (C=O) groups is 2. The summed E-state index contributed by atoms with van der Waals surface area (Å²) in [7, 11) is 0. The van der Waals surface area contributed by atoms with E-state index in [1.165, 1.54) is 12.3 Å². The van der Waals surface area contributed by atoms with E-state index in [4.69, 9.17) is 16.7 Å². The van der Waals surface area contributed by atoms with Crippen LogP contribution in [0.3, 0.4) is 0 Å². The number of carboxylic acid groups (broad SMARTS) is 1. The summed E-state index contributed by atoms with van der Waals surface area (Å²) in [5, 5.41) is 20.0. The fraction of sp³-hybridized carbons (Fsp3) is 0.214. The van der Waals surface area contributed by atoms with Crippen molar-refractivity contribution in [3.05, 3.63) is 39.2 Å². The number of amides is 2. The van der Waals surface area contributed by atoms with Gasteiger partial charge in [-0.1, -0.05) is 34.5 Å². The third-order valence-corrected chi connectivity index (χ3v) is 3.92. The second-order valence-corrected chi connectivity index (χ2v) is 6.35. The second kappa shape index (κ2) is 7.63. The molecule has 0 spiro atoms. The molecule has 1 atom stereocenters. The Bertz CT molecular complexity index is 760. The van der Waals surface area contributed by atoms with Crippen LogP contribution in [0, 0.1) is 5.82 Å². The van der Waals surface area contributed by atoms with Crippen molar-refractivity contribution in [3.63, 3.8) is 0 Å². The number of aliphatic carboxylic acids is 1. The molecule has 0 fully saturated rings. The minimum absolute atomic E-state index is 0.0288. The van der Waals surface area contributed by atoms with Gasteiger partial charge in [0.25, 0.3) is 0 Å². The first-order valence-corrected chi connectivity index (χ1v) is 7.92. The van der Waals surface area contributed by atoms with Crippen LogP contribution in [-0.4, -0.2) is 27.3 Å². The molecular weight excluding hydrogens is 407 g/mol. The van der Waals surface area contributed by atoms with Crippen molar-refractivity contribution in [3.8, 4) is 0 Å². The molecule has 0 aliphatic rings. The lowest BCUT2D eigenvalue weighted by atomic mass is 10.0. The Morgan fingerprint density at radius 3 is 2.79 bits per heavy atom. The van der Waals surface area contributed by atoms with Crippen molar-refractivity contribution in [2.75, 3.05) is 10.6 Å². The number of halogens is 3. The minimum atomic E-state index is -0.970. The number of nitrogens with one attached hydrogen (secondary N) is 3. The number of aromatic amines is 1. The van der Waals surface area contributed by atoms with Gasteiger partial charge in [0.15, 0.2) is 0 Å². The van der Waals surface area contributed by atoms with Crippen LogP contribution in [0.4, 0.5) is 20.7 Å². The number of rotatable bonds is 5. The van der Waals surface area contributed by atoms with Crippen LogP contribution in [0.2, 0.25) is 5.02 Å². The first-order chi connectivity index (χ1) is 11.3. The molecule has 10 heteroatoms. The molecule has 0 radical (unpaired) electrons. The van der Waals surface area contributed by atoms with E-state index in [1.807, 2.05) is 0 Å². The van der Waals surface area contributed by atoms with E-state index < -0.39 is 17.8 Å². The van der Waals surface area contributed by atoms with Gasteiger partial charge in [0.1, 0.15) is 11.6 Å². The summed E-state index contributed by atoms with van der Waals surface area (Å²) in [6.07, 6.45) is 1.30. The first-order valence-electron chi connectivity index (χ1n) is 6.75. The first kappa shape index (κ1) is 18.2. The van der Waals surface area contributed by atoms with E-state index >= 15 is 0 Å². The number of hydrogen-bond acceptors (Lipinski definition) is 3. The van der Waals surface area contributed by atoms with Crippen LogP contribution in [0.5, 0.6) is 0 Å². The number of urea groups is 1. The van der Waals surface area contributed by atoms with Gasteiger partial charge in [-0.05, 0) is 18.1 Å². The van der Waals surface area contributed by atoms with Gasteiger partial charge in [-0.2, -0.15) is 5.10 Å². The van der Waals surface area contributed by atoms with Gasteiger partial charge in [0.05, 0.1) is 23.3 Å². The summed E-state index contributed by atoms with van der Waals surface area (Å²) >= 11 is 8.99. The zero-order valence-electron chi connectivity index (χ0n) is 12.4. The van der Waals surface area contributed by atoms with Gasteiger partial charge in [-0.25, -0.2) is 9.18 Å². The smallest absolute Gasteiger partial charge is 0.324 e. The van der Waals surface area contributed by atoms with Crippen molar-refractivity contribution in [1.82, 2.24) is 10.2 Å². The lowest BCUT2D eigenvalue weighted by Crippen LogP contribution is -2.21. The third-order valence-electron chi connectivity index (χ3n) is 3.16. The molecule has 2 amide bonds. The summed E-state index contributed by atoms with van der Waals surface area (Å²) in [5.74, 6) is -1.81. The fourth-order valence-electron chi connectivity index (χ4n) is 2.06. The van der Waals surface area contributed by atoms with Crippen molar-refractivity contribution >= 4 is 51.0 Å². The maximum Gasteiger partial charge on any atom is 0.324 e. The van der Waals surface area contributed by atoms with Gasteiger partial charge < -0.3 is 10.4 Å². The summed E-state index contributed by atoms with van der Waals surface area (Å²) in [4.78, 5) is 22.8. The van der Waals surface area contributed by atoms with E-state index in [9.17, 15) is 14.0 Å². The topological polar surface area (TPSA) is 107 Å². The number of carbonyl (C=O) groups excluding carboxylic acids is 1. The van der Waals surface area contributed by atoms with Gasteiger partial charge >= 0.3 is 12.0 Å². The van der Waals surface area contributed by atoms with Crippen LogP contribution in [0.15, 0.2) is 22.8 Å². The molecule has 0 bridgehead atoms. The van der Waals surface area contributed by atoms with Crippen LogP contribution >= 0.6 is 27.5 Å². The summed E-state index contributed by atoms with van der Waals surface area (Å²) < 4.78 is 14.3. The molecule has 1 aromatic carbocycles. The lowest BCUT2D eigenvalue weighted by Gasteiger charge is -2.12. The summed E-state index contributed by atoms with van der Waals surface area (Å²) in [5.41, 5.74) is 0.354. The molecule has 0 unspecified atom stereocenters. The molecule has 0 saturated heterocycles. The van der Waals surface area contributed by atoms with E-state index in [-0.39, 0.29) is 28.9 Å². The van der Waals surface area contributed by atoms with Crippen molar-refractivity contribution in [1.29, 1.82) is 0 Å². The predicted molar refractivity (Wildman–Crippen MR) is 91.0 cm³/mol. The minimum Gasteiger partial charge on any atom is -0.481 e. The van der Waals surface area contributed by atoms with Crippen molar-refractivity contribution in [2.45, 2.75) is 19.3 Å². The van der Waals surface area contributed by atoms with E-state index in [0.717, 1.165) is 6.07 Å². The Morgan fingerprint density at radius 2 is 2.17 bits per heavy atom. The number of carboxylic acids is 1. The highest BCUT2D eigenvalue weighted by atomic mass is 79.9. The zero-order valence-corrected chi connectivity index (χ0v) is 14.7. The SMILES string of the molecule is C[C@@H](CC(=O)O)c1cn[nH]c1NC(=O)Nc1c(F)cc(Br)cc1Cl. The molecule has 1 aromatic heterocycles. The third kappa shape index (κ3) is 4.45. The molecule has 24 heavy (non-hydrogen) atoms. The fourth-order valence-corrected chi connectivity index (χ4v) is 2.88. The van der Waals surface area contributed by atoms with E-state index in [2.05, 4.69) is 36.8 Å². The average Bonchev–Trinajstić information content (AvgIpc) is 2.90. The number of anilines is 2. The van der Waals surface area contributed by atoms with Gasteiger partial charge in [-0.15, -0.1) is 0 Å². The number of aromatic nitrogens is 2. The van der Waals surface area contributed by atoms with Crippen LogP contribution < -0.4 is 10.6 Å². The van der Waals surface area contributed by atoms with Crippen LogP contribution in [0.1, 0.15) is 24.8 Å². The molecule has 7 nitrogen and oxygen atoms in total. The van der Waals surface area contributed by atoms with Crippen molar-refractivity contribution in [2.24, 2.45) is 0 Å². The summed E-state index contributed by atoms with van der Waals surface area (Å²) in [6.45, 7) is 1.69. The molecule has 2 rings (SSSR count). The summed E-state index contributed by atoms with van der Waals surface area (Å²) in [6, 6.07) is 1.86. The molecule has 128 valence electrons. The van der Waals surface area contributed by atoms with Gasteiger partial charge in [0.2, 0.25) is 0 Å². The largest absolute Gasteiger partial charge is 0.481 e. The monoisotopic (exact) mass is 418 g/mol. The highest BCUT2D eigenvalue weighted by molar-refractivity contribution is 9.10. The molecule has 0 aliphatic heterocycles. The number of H-pyrrole nitrogens is 1. The Labute approximate surface area is 149 Å². The highest BCUT2D eigenvalue weighted by Gasteiger charge is 2.18. The zero-order chi connectivity index (χ0) is 17.9. The quantitative estimate of drug-likeness (QED) is 0.583. The van der Waals surface area contributed by atoms with Gasteiger partial charge in [0, 0.05) is 10.0 Å². The Kier molecular flexibility index (Phi) is 5.79. The van der Waals surface area contributed by atoms with E-state index in [1.54, 1.807) is 6.92 Å². The van der Waals surface area contributed by atoms with Crippen LogP contribution in [0.25, 0.3) is 0 Å². The number of hydrogen-bond donors (Lipinski definition) is 4. The predicted octanol–water partition coefficient (Wildman–Crippen LogP) is 4.19. The number of benzene rings is 1. The Morgan fingerprint density at radius 1 is 1.46 bits per heavy atom.